The van der Waals surface area contributed by atoms with E-state index < -0.39 is 26.6 Å². The summed E-state index contributed by atoms with van der Waals surface area (Å²) in [6.07, 6.45) is -1.98. The van der Waals surface area contributed by atoms with Gasteiger partial charge in [-0.25, -0.2) is 4.79 Å². The van der Waals surface area contributed by atoms with E-state index in [9.17, 15) is 15.0 Å². The average molecular weight is 430 g/mol. The summed E-state index contributed by atoms with van der Waals surface area (Å²) in [6.45, 7) is 7.02. The monoisotopic (exact) mass is 429 g/mol. The van der Waals surface area contributed by atoms with Crippen molar-refractivity contribution in [2.24, 2.45) is 0 Å². The fourth-order valence-electron chi connectivity index (χ4n) is 4.25. The molecule has 6 nitrogen and oxygen atoms in total. The van der Waals surface area contributed by atoms with E-state index in [1.165, 1.54) is 4.90 Å². The van der Waals surface area contributed by atoms with Gasteiger partial charge >= 0.3 is 6.09 Å². The molecule has 0 radical (unpaired) electrons. The Kier molecular flexibility index (Phi) is 6.97. The lowest BCUT2D eigenvalue weighted by Crippen LogP contribution is -2.67. The van der Waals surface area contributed by atoms with Crippen LogP contribution in [-0.4, -0.2) is 68.0 Å². The molecule has 162 valence electrons. The highest BCUT2D eigenvalue weighted by atomic mass is 28.4. The second-order valence-corrected chi connectivity index (χ2v) is 13.0. The summed E-state index contributed by atoms with van der Waals surface area (Å²) in [4.78, 5) is 12.8. The number of hydrogen-bond acceptors (Lipinski definition) is 4. The SMILES string of the molecule is CC(C)(C)[Si](OC[C@@H]1CN(C(=O)O)CC(CO)O1)(c1ccccc1)c1ccccc1. The molecule has 1 amide bonds. The zero-order valence-electron chi connectivity index (χ0n) is 17.8. The van der Waals surface area contributed by atoms with Crippen LogP contribution in [0.2, 0.25) is 5.04 Å². The van der Waals surface area contributed by atoms with Gasteiger partial charge in [-0.2, -0.15) is 0 Å². The fraction of sp³-hybridized carbons (Fsp3) is 0.435. The van der Waals surface area contributed by atoms with Crippen LogP contribution in [0.3, 0.4) is 0 Å². The van der Waals surface area contributed by atoms with Crippen LogP contribution in [0.1, 0.15) is 20.8 Å². The number of hydrogen-bond donors (Lipinski definition) is 2. The maximum Gasteiger partial charge on any atom is 0.407 e. The summed E-state index contributed by atoms with van der Waals surface area (Å²) in [6, 6.07) is 20.6. The van der Waals surface area contributed by atoms with E-state index in [4.69, 9.17) is 9.16 Å². The summed E-state index contributed by atoms with van der Waals surface area (Å²) in [5, 5.41) is 21.1. The number of amides is 1. The van der Waals surface area contributed by atoms with Gasteiger partial charge in [0.2, 0.25) is 0 Å². The smallest absolute Gasteiger partial charge is 0.407 e. The third-order valence-electron chi connectivity index (χ3n) is 5.61. The molecular weight excluding hydrogens is 398 g/mol. The van der Waals surface area contributed by atoms with Gasteiger partial charge in [-0.05, 0) is 15.4 Å². The molecule has 1 heterocycles. The van der Waals surface area contributed by atoms with Crippen molar-refractivity contribution in [1.29, 1.82) is 0 Å². The van der Waals surface area contributed by atoms with Crippen LogP contribution in [-0.2, 0) is 9.16 Å². The number of morpholine rings is 1. The van der Waals surface area contributed by atoms with E-state index >= 15 is 0 Å². The Labute approximate surface area is 179 Å². The summed E-state index contributed by atoms with van der Waals surface area (Å²) < 4.78 is 12.8. The first-order valence-electron chi connectivity index (χ1n) is 10.3. The van der Waals surface area contributed by atoms with E-state index in [2.05, 4.69) is 45.0 Å². The minimum absolute atomic E-state index is 0.168. The van der Waals surface area contributed by atoms with Crippen molar-refractivity contribution in [2.75, 3.05) is 26.3 Å². The van der Waals surface area contributed by atoms with Gasteiger partial charge < -0.3 is 24.3 Å². The van der Waals surface area contributed by atoms with E-state index in [-0.39, 0.29) is 31.3 Å². The molecule has 1 aliphatic heterocycles. The average Bonchev–Trinajstić information content (AvgIpc) is 2.74. The molecule has 0 spiro atoms. The van der Waals surface area contributed by atoms with Crippen molar-refractivity contribution in [3.63, 3.8) is 0 Å². The highest BCUT2D eigenvalue weighted by Gasteiger charge is 2.50. The normalized spacial score (nSPS) is 20.2. The molecule has 2 aromatic carbocycles. The maximum absolute atomic E-state index is 11.5. The van der Waals surface area contributed by atoms with Gasteiger partial charge in [0.25, 0.3) is 8.32 Å². The minimum atomic E-state index is -2.72. The highest BCUT2D eigenvalue weighted by molar-refractivity contribution is 6.99. The molecular formula is C23H31NO5Si. The van der Waals surface area contributed by atoms with Crippen molar-refractivity contribution >= 4 is 24.8 Å². The van der Waals surface area contributed by atoms with E-state index in [0.717, 1.165) is 10.4 Å². The third-order valence-corrected chi connectivity index (χ3v) is 10.6. The zero-order chi connectivity index (χ0) is 21.8. The molecule has 2 aromatic rings. The van der Waals surface area contributed by atoms with Crippen LogP contribution < -0.4 is 10.4 Å². The standard InChI is InChI=1S/C23H31NO5Si/c1-23(2,3)30(20-10-6-4-7-11-20,21-12-8-5-9-13-21)28-17-19-15-24(22(26)27)14-18(16-25)29-19/h4-13,18-19,25H,14-17H2,1-3H3,(H,26,27)/t18?,19-/m0/s1. The van der Waals surface area contributed by atoms with E-state index in [1.54, 1.807) is 0 Å². The topological polar surface area (TPSA) is 79.2 Å². The lowest BCUT2D eigenvalue weighted by atomic mass is 10.2. The van der Waals surface area contributed by atoms with Gasteiger partial charge in [0.1, 0.15) is 0 Å². The molecule has 1 aliphatic rings. The van der Waals surface area contributed by atoms with Crippen molar-refractivity contribution in [2.45, 2.75) is 38.0 Å². The third kappa shape index (κ3) is 4.59. The van der Waals surface area contributed by atoms with Crippen LogP contribution >= 0.6 is 0 Å². The van der Waals surface area contributed by atoms with E-state index in [1.807, 2.05) is 36.4 Å². The number of nitrogens with zero attached hydrogens (tertiary/aromatic N) is 1. The quantitative estimate of drug-likeness (QED) is 0.689. The molecule has 30 heavy (non-hydrogen) atoms. The Balaban J connectivity index is 1.96. The number of carbonyl (C=O) groups is 1. The maximum atomic E-state index is 11.5. The number of carboxylic acid groups (broad SMARTS) is 1. The largest absolute Gasteiger partial charge is 0.465 e. The Morgan fingerprint density at radius 2 is 1.53 bits per heavy atom. The molecule has 0 aliphatic carbocycles. The molecule has 3 rings (SSSR count). The fourth-order valence-corrected chi connectivity index (χ4v) is 8.84. The van der Waals surface area contributed by atoms with Gasteiger partial charge in [-0.3, -0.25) is 0 Å². The van der Waals surface area contributed by atoms with Crippen molar-refractivity contribution in [3.05, 3.63) is 60.7 Å². The van der Waals surface area contributed by atoms with Crippen LogP contribution in [0.5, 0.6) is 0 Å². The molecule has 0 bridgehead atoms. The summed E-state index contributed by atoms with van der Waals surface area (Å²) in [5.41, 5.74) is 0. The van der Waals surface area contributed by atoms with E-state index in [0.29, 0.717) is 0 Å². The van der Waals surface area contributed by atoms with Crippen LogP contribution in [0.15, 0.2) is 60.7 Å². The second-order valence-electron chi connectivity index (χ2n) is 8.72. The summed E-state index contributed by atoms with van der Waals surface area (Å²) in [7, 11) is -2.72. The number of ether oxygens (including phenoxy) is 1. The second kappa shape index (κ2) is 9.30. The van der Waals surface area contributed by atoms with Crippen molar-refractivity contribution in [3.8, 4) is 0 Å². The van der Waals surface area contributed by atoms with Crippen molar-refractivity contribution < 1.29 is 24.2 Å². The van der Waals surface area contributed by atoms with Crippen LogP contribution in [0.25, 0.3) is 0 Å². The summed E-state index contributed by atoms with van der Waals surface area (Å²) in [5.74, 6) is 0. The number of rotatable bonds is 6. The summed E-state index contributed by atoms with van der Waals surface area (Å²) >= 11 is 0. The van der Waals surface area contributed by atoms with Gasteiger partial charge in [0.15, 0.2) is 0 Å². The number of aliphatic hydroxyl groups is 1. The first kappa shape index (κ1) is 22.5. The molecule has 0 aromatic heterocycles. The zero-order valence-corrected chi connectivity index (χ0v) is 18.8. The Hall–Kier alpha value is -2.19. The van der Waals surface area contributed by atoms with Crippen molar-refractivity contribution in [1.82, 2.24) is 4.90 Å². The molecule has 1 fully saturated rings. The Bertz CT molecular complexity index is 785. The molecule has 7 heteroatoms. The lowest BCUT2D eigenvalue weighted by Gasteiger charge is -2.44. The lowest BCUT2D eigenvalue weighted by molar-refractivity contribution is -0.108. The van der Waals surface area contributed by atoms with Gasteiger partial charge in [0.05, 0.1) is 38.5 Å². The molecule has 1 unspecified atom stereocenters. The minimum Gasteiger partial charge on any atom is -0.465 e. The molecule has 1 saturated heterocycles. The predicted octanol–water partition coefficient (Wildman–Crippen LogP) is 2.30. The first-order chi connectivity index (χ1) is 14.3. The molecule has 2 N–H and O–H groups in total. The Morgan fingerprint density at radius 1 is 1.03 bits per heavy atom. The van der Waals surface area contributed by atoms with Crippen LogP contribution in [0.4, 0.5) is 4.79 Å². The van der Waals surface area contributed by atoms with Gasteiger partial charge in [0, 0.05) is 0 Å². The van der Waals surface area contributed by atoms with Gasteiger partial charge in [-0.15, -0.1) is 0 Å². The molecule has 0 saturated carbocycles. The van der Waals surface area contributed by atoms with Crippen LogP contribution in [0, 0.1) is 0 Å². The number of benzene rings is 2. The first-order valence-corrected chi connectivity index (χ1v) is 12.2. The molecule has 2 atom stereocenters. The number of aliphatic hydroxyl groups excluding tert-OH is 1. The highest BCUT2D eigenvalue weighted by Crippen LogP contribution is 2.37. The predicted molar refractivity (Wildman–Crippen MR) is 119 cm³/mol. The van der Waals surface area contributed by atoms with Gasteiger partial charge in [-0.1, -0.05) is 81.4 Å². The Morgan fingerprint density at radius 3 is 1.97 bits per heavy atom.